The predicted octanol–water partition coefficient (Wildman–Crippen LogP) is 0.885. The fourth-order valence-corrected chi connectivity index (χ4v) is 2.02. The molecule has 0 aromatic heterocycles. The smallest absolute Gasteiger partial charge is 0.238 e. The van der Waals surface area contributed by atoms with Gasteiger partial charge in [-0.3, -0.25) is 9.69 Å². The number of amides is 1. The number of benzene rings is 1. The highest BCUT2D eigenvalue weighted by Gasteiger charge is 2.24. The maximum Gasteiger partial charge on any atom is 0.238 e. The van der Waals surface area contributed by atoms with Crippen LogP contribution in [0.15, 0.2) is 18.2 Å². The Morgan fingerprint density at radius 3 is 2.82 bits per heavy atom. The van der Waals surface area contributed by atoms with Crippen molar-refractivity contribution in [1.82, 2.24) is 4.90 Å². The molecule has 1 aromatic rings. The summed E-state index contributed by atoms with van der Waals surface area (Å²) in [5.41, 5.74) is 8.89. The molecule has 0 aliphatic carbocycles. The predicted molar refractivity (Wildman–Crippen MR) is 69.0 cm³/mol. The summed E-state index contributed by atoms with van der Waals surface area (Å²) in [7, 11) is 0. The second-order valence-corrected chi connectivity index (χ2v) is 4.75. The Balaban J connectivity index is 1.92. The van der Waals surface area contributed by atoms with Crippen molar-refractivity contribution in [1.29, 1.82) is 0 Å². The van der Waals surface area contributed by atoms with Gasteiger partial charge in [-0.15, -0.1) is 0 Å². The first-order chi connectivity index (χ1) is 8.06. The number of hydrogen-bond donors (Lipinski definition) is 2. The minimum Gasteiger partial charge on any atom is -0.325 e. The molecule has 1 aliphatic rings. The van der Waals surface area contributed by atoms with Gasteiger partial charge in [0.05, 0.1) is 6.54 Å². The van der Waals surface area contributed by atoms with Crippen LogP contribution in [0, 0.1) is 13.8 Å². The zero-order chi connectivity index (χ0) is 12.4. The fourth-order valence-electron chi connectivity index (χ4n) is 2.02. The molecule has 1 aromatic carbocycles. The van der Waals surface area contributed by atoms with Gasteiger partial charge in [0.25, 0.3) is 0 Å². The third-order valence-electron chi connectivity index (χ3n) is 3.23. The van der Waals surface area contributed by atoms with Crippen molar-refractivity contribution in [2.45, 2.75) is 19.9 Å². The maximum absolute atomic E-state index is 11.8. The van der Waals surface area contributed by atoms with Crippen LogP contribution in [0.2, 0.25) is 0 Å². The first-order valence-electron chi connectivity index (χ1n) is 5.90. The lowest BCUT2D eigenvalue weighted by atomic mass is 10.1. The van der Waals surface area contributed by atoms with Gasteiger partial charge in [0, 0.05) is 24.8 Å². The average molecular weight is 233 g/mol. The van der Waals surface area contributed by atoms with E-state index in [1.807, 2.05) is 36.9 Å². The molecule has 92 valence electrons. The highest BCUT2D eigenvalue weighted by atomic mass is 16.2. The molecule has 0 radical (unpaired) electrons. The Bertz CT molecular complexity index is 425. The van der Waals surface area contributed by atoms with E-state index in [9.17, 15) is 4.79 Å². The van der Waals surface area contributed by atoms with Gasteiger partial charge >= 0.3 is 0 Å². The van der Waals surface area contributed by atoms with E-state index in [0.29, 0.717) is 6.54 Å². The maximum atomic E-state index is 11.8. The van der Waals surface area contributed by atoms with Crippen LogP contribution in [0.5, 0.6) is 0 Å². The standard InChI is InChI=1S/C13H19N3O/c1-9-4-3-5-12(10(9)2)15-13(17)8-16-6-11(14)7-16/h3-5,11H,6-8,14H2,1-2H3,(H,15,17). The van der Waals surface area contributed by atoms with E-state index in [1.54, 1.807) is 0 Å². The van der Waals surface area contributed by atoms with Crippen molar-refractivity contribution in [3.63, 3.8) is 0 Å². The molecule has 3 N–H and O–H groups in total. The lowest BCUT2D eigenvalue weighted by molar-refractivity contribution is -0.118. The van der Waals surface area contributed by atoms with E-state index in [-0.39, 0.29) is 11.9 Å². The molecular formula is C13H19N3O. The summed E-state index contributed by atoms with van der Waals surface area (Å²) < 4.78 is 0. The number of hydrogen-bond acceptors (Lipinski definition) is 3. The second kappa shape index (κ2) is 4.85. The number of carbonyl (C=O) groups is 1. The van der Waals surface area contributed by atoms with E-state index in [4.69, 9.17) is 5.73 Å². The van der Waals surface area contributed by atoms with Gasteiger partial charge in [-0.05, 0) is 31.0 Å². The third kappa shape index (κ3) is 2.84. The van der Waals surface area contributed by atoms with Crippen LogP contribution in [0.3, 0.4) is 0 Å². The van der Waals surface area contributed by atoms with E-state index in [1.165, 1.54) is 5.56 Å². The molecule has 0 unspecified atom stereocenters. The van der Waals surface area contributed by atoms with Crippen molar-refractivity contribution >= 4 is 11.6 Å². The summed E-state index contributed by atoms with van der Waals surface area (Å²) in [6.07, 6.45) is 0. The quantitative estimate of drug-likeness (QED) is 0.815. The number of nitrogens with zero attached hydrogens (tertiary/aromatic N) is 1. The van der Waals surface area contributed by atoms with Crippen LogP contribution in [-0.2, 0) is 4.79 Å². The zero-order valence-corrected chi connectivity index (χ0v) is 10.4. The number of anilines is 1. The molecule has 0 atom stereocenters. The molecule has 2 rings (SSSR count). The van der Waals surface area contributed by atoms with Gasteiger partial charge in [0.15, 0.2) is 0 Å². The van der Waals surface area contributed by atoms with Gasteiger partial charge < -0.3 is 11.1 Å². The molecule has 1 amide bonds. The first kappa shape index (κ1) is 12.1. The van der Waals surface area contributed by atoms with Gasteiger partial charge in [-0.25, -0.2) is 0 Å². The third-order valence-corrected chi connectivity index (χ3v) is 3.23. The largest absolute Gasteiger partial charge is 0.325 e. The summed E-state index contributed by atoms with van der Waals surface area (Å²) in [5, 5.41) is 2.94. The number of nitrogens with one attached hydrogen (secondary N) is 1. The summed E-state index contributed by atoms with van der Waals surface area (Å²) in [6.45, 7) is 6.13. The number of nitrogens with two attached hydrogens (primary N) is 1. The Hall–Kier alpha value is -1.39. The molecule has 0 saturated carbocycles. The molecule has 0 bridgehead atoms. The zero-order valence-electron chi connectivity index (χ0n) is 10.4. The van der Waals surface area contributed by atoms with E-state index in [2.05, 4.69) is 5.32 Å². The SMILES string of the molecule is Cc1cccc(NC(=O)CN2CC(N)C2)c1C. The minimum atomic E-state index is 0.0330. The lowest BCUT2D eigenvalue weighted by Crippen LogP contribution is -2.57. The number of rotatable bonds is 3. The Morgan fingerprint density at radius 2 is 2.18 bits per heavy atom. The van der Waals surface area contributed by atoms with E-state index >= 15 is 0 Å². The molecule has 1 fully saturated rings. The van der Waals surface area contributed by atoms with Crippen LogP contribution >= 0.6 is 0 Å². The highest BCUT2D eigenvalue weighted by Crippen LogP contribution is 2.18. The number of aryl methyl sites for hydroxylation is 1. The average Bonchev–Trinajstić information content (AvgIpc) is 2.23. The Kier molecular flexibility index (Phi) is 3.45. The van der Waals surface area contributed by atoms with E-state index < -0.39 is 0 Å². The van der Waals surface area contributed by atoms with Crippen LogP contribution in [-0.4, -0.2) is 36.5 Å². The molecule has 17 heavy (non-hydrogen) atoms. The topological polar surface area (TPSA) is 58.4 Å². The Labute approximate surface area is 102 Å². The second-order valence-electron chi connectivity index (χ2n) is 4.75. The van der Waals surface area contributed by atoms with Crippen molar-refractivity contribution < 1.29 is 4.79 Å². The summed E-state index contributed by atoms with van der Waals surface area (Å²) >= 11 is 0. The highest BCUT2D eigenvalue weighted by molar-refractivity contribution is 5.93. The van der Waals surface area contributed by atoms with Crippen LogP contribution < -0.4 is 11.1 Å². The lowest BCUT2D eigenvalue weighted by Gasteiger charge is -2.36. The fraction of sp³-hybridized carbons (Fsp3) is 0.462. The molecular weight excluding hydrogens is 214 g/mol. The summed E-state index contributed by atoms with van der Waals surface area (Å²) in [5.74, 6) is 0.0330. The van der Waals surface area contributed by atoms with E-state index in [0.717, 1.165) is 24.3 Å². The minimum absolute atomic E-state index is 0.0330. The van der Waals surface area contributed by atoms with Gasteiger partial charge in [0.1, 0.15) is 0 Å². The van der Waals surface area contributed by atoms with Crippen LogP contribution in [0.25, 0.3) is 0 Å². The molecule has 1 saturated heterocycles. The molecule has 0 spiro atoms. The molecule has 1 heterocycles. The number of likely N-dealkylation sites (tertiary alicyclic amines) is 1. The van der Waals surface area contributed by atoms with Gasteiger partial charge in [-0.1, -0.05) is 12.1 Å². The van der Waals surface area contributed by atoms with Crippen molar-refractivity contribution in [3.05, 3.63) is 29.3 Å². The van der Waals surface area contributed by atoms with Crippen LogP contribution in [0.4, 0.5) is 5.69 Å². The molecule has 4 nitrogen and oxygen atoms in total. The van der Waals surface area contributed by atoms with Gasteiger partial charge in [0.2, 0.25) is 5.91 Å². The summed E-state index contributed by atoms with van der Waals surface area (Å²) in [4.78, 5) is 13.8. The van der Waals surface area contributed by atoms with Crippen LogP contribution in [0.1, 0.15) is 11.1 Å². The first-order valence-corrected chi connectivity index (χ1v) is 5.90. The van der Waals surface area contributed by atoms with Crippen molar-refractivity contribution in [3.8, 4) is 0 Å². The molecule has 4 heteroatoms. The summed E-state index contributed by atoms with van der Waals surface area (Å²) in [6, 6.07) is 6.17. The van der Waals surface area contributed by atoms with Crippen molar-refractivity contribution in [2.24, 2.45) is 5.73 Å². The molecule has 1 aliphatic heterocycles. The van der Waals surface area contributed by atoms with Gasteiger partial charge in [-0.2, -0.15) is 0 Å². The normalized spacial score (nSPS) is 16.6. The monoisotopic (exact) mass is 233 g/mol. The van der Waals surface area contributed by atoms with Crippen molar-refractivity contribution in [2.75, 3.05) is 25.0 Å². The Morgan fingerprint density at radius 1 is 1.47 bits per heavy atom. The number of carbonyl (C=O) groups excluding carboxylic acids is 1.